The van der Waals surface area contributed by atoms with Crippen LogP contribution in [0.4, 0.5) is 23.7 Å². The number of carbonyl (C=O) groups is 1. The number of ether oxygens (including phenoxy) is 1. The van der Waals surface area contributed by atoms with Crippen LogP contribution in [0.2, 0.25) is 0 Å². The fraction of sp³-hybridized carbons (Fsp3) is 0.200. The van der Waals surface area contributed by atoms with Crippen LogP contribution in [0.15, 0.2) is 41.4 Å². The number of carbonyl (C=O) groups excluding carboxylic acids is 1. The molecule has 0 aliphatic rings. The van der Waals surface area contributed by atoms with Crippen LogP contribution < -0.4 is 14.9 Å². The van der Waals surface area contributed by atoms with Gasteiger partial charge in [0.2, 0.25) is 0 Å². The van der Waals surface area contributed by atoms with Gasteiger partial charge in [0.05, 0.1) is 35.1 Å². The molecule has 29 heavy (non-hydrogen) atoms. The third kappa shape index (κ3) is 4.43. The summed E-state index contributed by atoms with van der Waals surface area (Å²) < 4.78 is 46.6. The fourth-order valence-corrected chi connectivity index (χ4v) is 3.85. The number of hydrogen-bond acceptors (Lipinski definition) is 3. The average molecular weight is 419 g/mol. The number of urea groups is 1. The first-order valence-electron chi connectivity index (χ1n) is 8.37. The van der Waals surface area contributed by atoms with Gasteiger partial charge in [0.25, 0.3) is 0 Å². The molecule has 1 aromatic heterocycles. The van der Waals surface area contributed by atoms with E-state index >= 15 is 0 Å². The van der Waals surface area contributed by atoms with Crippen LogP contribution >= 0.6 is 11.3 Å². The van der Waals surface area contributed by atoms with Gasteiger partial charge in [0, 0.05) is 0 Å². The molecule has 0 radical (unpaired) electrons. The summed E-state index contributed by atoms with van der Waals surface area (Å²) >= 11 is 1.26. The molecule has 150 valence electrons. The van der Waals surface area contributed by atoms with Crippen molar-refractivity contribution in [1.82, 2.24) is 4.57 Å². The molecule has 0 atom stereocenters. The Morgan fingerprint density at radius 3 is 2.72 bits per heavy atom. The monoisotopic (exact) mass is 419 g/mol. The van der Waals surface area contributed by atoms with E-state index < -0.39 is 17.8 Å². The van der Waals surface area contributed by atoms with Gasteiger partial charge in [-0.15, -0.1) is 6.42 Å². The fourth-order valence-electron chi connectivity index (χ4n) is 2.72. The molecule has 0 aliphatic heterocycles. The van der Waals surface area contributed by atoms with Gasteiger partial charge in [-0.05, 0) is 42.8 Å². The highest BCUT2D eigenvalue weighted by Gasteiger charge is 2.31. The first-order chi connectivity index (χ1) is 13.7. The van der Waals surface area contributed by atoms with Crippen LogP contribution in [0.5, 0.6) is 5.75 Å². The number of hydrogen-bond donors (Lipinski definition) is 1. The number of thiazole rings is 1. The molecule has 0 bridgehead atoms. The van der Waals surface area contributed by atoms with Gasteiger partial charge in [0.1, 0.15) is 5.75 Å². The Kier molecular flexibility index (Phi) is 5.66. The number of terminal acetylenes is 1. The van der Waals surface area contributed by atoms with Gasteiger partial charge in [-0.3, -0.25) is 0 Å². The summed E-state index contributed by atoms with van der Waals surface area (Å²) in [7, 11) is 1.30. The van der Waals surface area contributed by atoms with Crippen molar-refractivity contribution >= 4 is 33.3 Å². The highest BCUT2D eigenvalue weighted by molar-refractivity contribution is 7.16. The third-order valence-corrected chi connectivity index (χ3v) is 5.09. The lowest BCUT2D eigenvalue weighted by atomic mass is 10.2. The van der Waals surface area contributed by atoms with E-state index in [-0.39, 0.29) is 18.0 Å². The van der Waals surface area contributed by atoms with Crippen LogP contribution in [0, 0.1) is 19.3 Å². The molecule has 0 fully saturated rings. The standard InChI is InChI=1S/C20H16F3N3O2S/c1-4-9-26-15-7-5-12(2)10-17(15)29-19(26)25-18(27)24-14-11-13(20(21,22)23)6-8-16(14)28-3/h1,5-8,10-11H,9H2,2-3H3,(H,24,27)/b25-19+. The molecule has 2 aromatic carbocycles. The van der Waals surface area contributed by atoms with Gasteiger partial charge in [-0.25, -0.2) is 4.79 Å². The molecule has 0 saturated heterocycles. The summed E-state index contributed by atoms with van der Waals surface area (Å²) in [6.07, 6.45) is 0.874. The molecule has 3 aromatic rings. The normalized spacial score (nSPS) is 12.1. The second-order valence-electron chi connectivity index (χ2n) is 6.10. The highest BCUT2D eigenvalue weighted by atomic mass is 32.1. The number of rotatable bonds is 3. The van der Waals surface area contributed by atoms with Crippen molar-refractivity contribution in [3.8, 4) is 18.1 Å². The Labute approximate surface area is 168 Å². The molecule has 0 spiro atoms. The minimum absolute atomic E-state index is 0.0880. The van der Waals surface area contributed by atoms with Gasteiger partial charge >= 0.3 is 12.2 Å². The Morgan fingerprint density at radius 1 is 1.31 bits per heavy atom. The number of alkyl halides is 3. The second kappa shape index (κ2) is 8.01. The minimum Gasteiger partial charge on any atom is -0.495 e. The zero-order valence-corrected chi connectivity index (χ0v) is 16.3. The molecule has 2 amide bonds. The minimum atomic E-state index is -4.55. The van der Waals surface area contributed by atoms with Crippen molar-refractivity contribution in [3.05, 3.63) is 52.3 Å². The lowest BCUT2D eigenvalue weighted by Gasteiger charge is -2.12. The summed E-state index contributed by atoms with van der Waals surface area (Å²) in [5, 5.41) is 2.36. The lowest BCUT2D eigenvalue weighted by Crippen LogP contribution is -2.19. The predicted molar refractivity (Wildman–Crippen MR) is 106 cm³/mol. The number of benzene rings is 2. The van der Waals surface area contributed by atoms with Crippen molar-refractivity contribution < 1.29 is 22.7 Å². The SMILES string of the molecule is C#CCn1/c(=N\C(=O)Nc2cc(C(F)(F)F)ccc2OC)sc2cc(C)ccc21. The summed E-state index contributed by atoms with van der Waals surface area (Å²) in [5.41, 5.74) is 0.822. The molecule has 0 saturated carbocycles. The molecule has 1 heterocycles. The quantitative estimate of drug-likeness (QED) is 0.620. The number of methoxy groups -OCH3 is 1. The van der Waals surface area contributed by atoms with E-state index in [0.717, 1.165) is 34.0 Å². The summed E-state index contributed by atoms with van der Waals surface area (Å²) in [4.78, 5) is 16.8. The topological polar surface area (TPSA) is 55.6 Å². The van der Waals surface area contributed by atoms with E-state index in [4.69, 9.17) is 11.2 Å². The summed E-state index contributed by atoms with van der Waals surface area (Å²) in [6.45, 7) is 2.14. The van der Waals surface area contributed by atoms with Gasteiger partial charge in [0.15, 0.2) is 4.80 Å². The molecule has 5 nitrogen and oxygen atoms in total. The number of nitrogens with zero attached hydrogens (tertiary/aromatic N) is 2. The Bertz CT molecular complexity index is 1190. The number of anilines is 1. The summed E-state index contributed by atoms with van der Waals surface area (Å²) in [6, 6.07) is 7.72. The largest absolute Gasteiger partial charge is 0.495 e. The van der Waals surface area contributed by atoms with E-state index in [1.54, 1.807) is 4.57 Å². The van der Waals surface area contributed by atoms with Crippen molar-refractivity contribution in [3.63, 3.8) is 0 Å². The molecule has 0 aliphatic carbocycles. The Hall–Kier alpha value is -3.25. The number of nitrogens with one attached hydrogen (secondary N) is 1. The maximum absolute atomic E-state index is 13.0. The van der Waals surface area contributed by atoms with E-state index in [9.17, 15) is 18.0 Å². The van der Waals surface area contributed by atoms with Crippen molar-refractivity contribution in [2.45, 2.75) is 19.6 Å². The van der Waals surface area contributed by atoms with Crippen molar-refractivity contribution in [2.75, 3.05) is 12.4 Å². The molecular weight excluding hydrogens is 403 g/mol. The molecular formula is C20H16F3N3O2S. The van der Waals surface area contributed by atoms with Gasteiger partial charge in [-0.2, -0.15) is 18.2 Å². The third-order valence-electron chi connectivity index (χ3n) is 4.05. The Morgan fingerprint density at radius 2 is 2.07 bits per heavy atom. The van der Waals surface area contributed by atoms with Gasteiger partial charge < -0.3 is 14.6 Å². The number of aromatic nitrogens is 1. The van der Waals surface area contributed by atoms with E-state index in [2.05, 4.69) is 16.2 Å². The zero-order chi connectivity index (χ0) is 21.2. The van der Waals surface area contributed by atoms with Crippen LogP contribution in [-0.4, -0.2) is 17.7 Å². The van der Waals surface area contributed by atoms with Gasteiger partial charge in [-0.1, -0.05) is 23.3 Å². The first-order valence-corrected chi connectivity index (χ1v) is 9.19. The number of amides is 2. The molecule has 1 N–H and O–H groups in total. The molecule has 9 heteroatoms. The number of aryl methyl sites for hydroxylation is 1. The molecule has 3 rings (SSSR count). The Balaban J connectivity index is 2.02. The van der Waals surface area contributed by atoms with Crippen LogP contribution in [0.25, 0.3) is 10.2 Å². The van der Waals surface area contributed by atoms with Crippen LogP contribution in [0.1, 0.15) is 11.1 Å². The predicted octanol–water partition coefficient (Wildman–Crippen LogP) is 4.80. The smallest absolute Gasteiger partial charge is 0.416 e. The van der Waals surface area contributed by atoms with E-state index in [1.807, 2.05) is 25.1 Å². The number of fused-ring (bicyclic) bond motifs is 1. The number of halogens is 3. The second-order valence-corrected chi connectivity index (χ2v) is 7.11. The van der Waals surface area contributed by atoms with Crippen molar-refractivity contribution in [1.29, 1.82) is 0 Å². The maximum atomic E-state index is 13.0. The van der Waals surface area contributed by atoms with Crippen molar-refractivity contribution in [2.24, 2.45) is 4.99 Å². The lowest BCUT2D eigenvalue weighted by molar-refractivity contribution is -0.137. The van der Waals surface area contributed by atoms with E-state index in [0.29, 0.717) is 4.80 Å². The first kappa shape index (κ1) is 20.5. The van der Waals surface area contributed by atoms with Crippen LogP contribution in [-0.2, 0) is 12.7 Å². The van der Waals surface area contributed by atoms with Crippen LogP contribution in [0.3, 0.4) is 0 Å². The zero-order valence-electron chi connectivity index (χ0n) is 15.5. The highest BCUT2D eigenvalue weighted by Crippen LogP contribution is 2.35. The van der Waals surface area contributed by atoms with E-state index in [1.165, 1.54) is 18.4 Å². The summed E-state index contributed by atoms with van der Waals surface area (Å²) in [5.74, 6) is 2.60. The average Bonchev–Trinajstić information content (AvgIpc) is 2.97. The molecule has 0 unspecified atom stereocenters. The maximum Gasteiger partial charge on any atom is 0.416 e.